The Morgan fingerprint density at radius 1 is 1.00 bits per heavy atom. The zero-order chi connectivity index (χ0) is 14.0. The lowest BCUT2D eigenvalue weighted by atomic mass is 9.95. The zero-order valence-corrected chi connectivity index (χ0v) is 11.6. The Balaban J connectivity index is 1.94. The Labute approximate surface area is 113 Å². The molecule has 4 nitrogen and oxygen atoms in total. The first-order valence-electron chi connectivity index (χ1n) is 6.58. The van der Waals surface area contributed by atoms with Gasteiger partial charge in [0.05, 0.1) is 0 Å². The molecule has 1 aromatic rings. The van der Waals surface area contributed by atoms with Crippen LogP contribution >= 0.6 is 0 Å². The number of nitrogens with one attached hydrogen (secondary N) is 2. The molecule has 2 N–H and O–H groups in total. The highest BCUT2D eigenvalue weighted by Gasteiger charge is 2.29. The van der Waals surface area contributed by atoms with E-state index in [4.69, 9.17) is 0 Å². The van der Waals surface area contributed by atoms with E-state index in [-0.39, 0.29) is 17.7 Å². The minimum absolute atomic E-state index is 0.0257. The van der Waals surface area contributed by atoms with Gasteiger partial charge in [0.25, 0.3) is 0 Å². The Morgan fingerprint density at radius 3 is 1.89 bits per heavy atom. The van der Waals surface area contributed by atoms with Crippen LogP contribution in [0, 0.1) is 11.3 Å². The second-order valence-electron chi connectivity index (χ2n) is 6.04. The summed E-state index contributed by atoms with van der Waals surface area (Å²) < 4.78 is 0. The molecule has 1 aromatic carbocycles. The number of hydrogen-bond donors (Lipinski definition) is 2. The maximum Gasteiger partial charge on any atom is 0.229 e. The zero-order valence-electron chi connectivity index (χ0n) is 11.6. The smallest absolute Gasteiger partial charge is 0.229 e. The van der Waals surface area contributed by atoms with Crippen LogP contribution in [0.1, 0.15) is 33.6 Å². The number of hydrogen-bond acceptors (Lipinski definition) is 2. The Bertz CT molecular complexity index is 482. The van der Waals surface area contributed by atoms with E-state index in [1.807, 2.05) is 20.8 Å². The summed E-state index contributed by atoms with van der Waals surface area (Å²) in [6, 6.07) is 7.20. The van der Waals surface area contributed by atoms with Crippen LogP contribution in [0.5, 0.6) is 0 Å². The quantitative estimate of drug-likeness (QED) is 0.877. The first kappa shape index (κ1) is 13.6. The first-order valence-corrected chi connectivity index (χ1v) is 6.58. The van der Waals surface area contributed by atoms with Crippen molar-refractivity contribution in [3.63, 3.8) is 0 Å². The summed E-state index contributed by atoms with van der Waals surface area (Å²) in [7, 11) is 0. The lowest BCUT2D eigenvalue weighted by Gasteiger charge is -2.17. The van der Waals surface area contributed by atoms with Crippen LogP contribution in [0.15, 0.2) is 24.3 Å². The Morgan fingerprint density at radius 2 is 1.47 bits per heavy atom. The number of carbonyl (C=O) groups excluding carboxylic acids is 2. The molecule has 0 radical (unpaired) electrons. The van der Waals surface area contributed by atoms with Crippen LogP contribution in [0.3, 0.4) is 0 Å². The van der Waals surface area contributed by atoms with E-state index in [1.165, 1.54) is 0 Å². The van der Waals surface area contributed by atoms with Crippen molar-refractivity contribution >= 4 is 23.2 Å². The third kappa shape index (κ3) is 3.81. The van der Waals surface area contributed by atoms with Gasteiger partial charge < -0.3 is 10.6 Å². The lowest BCUT2D eigenvalue weighted by molar-refractivity contribution is -0.123. The van der Waals surface area contributed by atoms with E-state index in [9.17, 15) is 9.59 Å². The molecule has 0 saturated heterocycles. The predicted octanol–water partition coefficient (Wildman–Crippen LogP) is 3.02. The van der Waals surface area contributed by atoms with Gasteiger partial charge in [0, 0.05) is 22.7 Å². The number of benzene rings is 1. The molecule has 0 aromatic heterocycles. The van der Waals surface area contributed by atoms with Crippen molar-refractivity contribution in [1.29, 1.82) is 0 Å². The van der Waals surface area contributed by atoms with Gasteiger partial charge in [-0.1, -0.05) is 20.8 Å². The molecule has 0 aliphatic heterocycles. The number of carbonyl (C=O) groups is 2. The van der Waals surface area contributed by atoms with Gasteiger partial charge in [-0.3, -0.25) is 9.59 Å². The van der Waals surface area contributed by atoms with Gasteiger partial charge in [0.1, 0.15) is 0 Å². The number of rotatable bonds is 3. The summed E-state index contributed by atoms with van der Waals surface area (Å²) >= 11 is 0. The molecular weight excluding hydrogens is 240 g/mol. The van der Waals surface area contributed by atoms with E-state index in [0.717, 1.165) is 24.2 Å². The fourth-order valence-electron chi connectivity index (χ4n) is 1.55. The Kier molecular flexibility index (Phi) is 3.60. The van der Waals surface area contributed by atoms with Crippen molar-refractivity contribution in [3.05, 3.63) is 24.3 Å². The minimum atomic E-state index is -0.418. The SMILES string of the molecule is CC(C)(C)C(=O)Nc1ccc(NC(=O)C2CC2)cc1. The number of anilines is 2. The second-order valence-corrected chi connectivity index (χ2v) is 6.04. The van der Waals surface area contributed by atoms with Crippen molar-refractivity contribution in [2.45, 2.75) is 33.6 Å². The standard InChI is InChI=1S/C15H20N2O2/c1-15(2,3)14(19)17-12-8-6-11(7-9-12)16-13(18)10-4-5-10/h6-10H,4-5H2,1-3H3,(H,16,18)(H,17,19). The van der Waals surface area contributed by atoms with Crippen molar-refractivity contribution in [1.82, 2.24) is 0 Å². The van der Waals surface area contributed by atoms with Crippen LogP contribution in [-0.2, 0) is 9.59 Å². The molecule has 1 fully saturated rings. The van der Waals surface area contributed by atoms with Crippen LogP contribution in [-0.4, -0.2) is 11.8 Å². The highest BCUT2D eigenvalue weighted by atomic mass is 16.2. The first-order chi connectivity index (χ1) is 8.86. The molecule has 4 heteroatoms. The molecular formula is C15H20N2O2. The fraction of sp³-hybridized carbons (Fsp3) is 0.467. The lowest BCUT2D eigenvalue weighted by Crippen LogP contribution is -2.27. The van der Waals surface area contributed by atoms with Crippen LogP contribution < -0.4 is 10.6 Å². The molecule has 0 heterocycles. The monoisotopic (exact) mass is 260 g/mol. The topological polar surface area (TPSA) is 58.2 Å². The molecule has 1 aliphatic carbocycles. The van der Waals surface area contributed by atoms with Crippen LogP contribution in [0.2, 0.25) is 0 Å². The number of amides is 2. The summed E-state index contributed by atoms with van der Waals surface area (Å²) in [5.41, 5.74) is 1.09. The summed E-state index contributed by atoms with van der Waals surface area (Å²) in [5.74, 6) is 0.258. The fourth-order valence-corrected chi connectivity index (χ4v) is 1.55. The average molecular weight is 260 g/mol. The largest absolute Gasteiger partial charge is 0.326 e. The molecule has 19 heavy (non-hydrogen) atoms. The molecule has 0 spiro atoms. The van der Waals surface area contributed by atoms with Crippen LogP contribution in [0.4, 0.5) is 11.4 Å². The highest BCUT2D eigenvalue weighted by Crippen LogP contribution is 2.30. The summed E-state index contributed by atoms with van der Waals surface area (Å²) in [6.07, 6.45) is 1.98. The maximum absolute atomic E-state index is 11.8. The van der Waals surface area contributed by atoms with Crippen LogP contribution in [0.25, 0.3) is 0 Å². The second kappa shape index (κ2) is 5.03. The van der Waals surface area contributed by atoms with Gasteiger partial charge in [0.15, 0.2) is 0 Å². The molecule has 2 rings (SSSR count). The third-order valence-corrected chi connectivity index (χ3v) is 3.04. The minimum Gasteiger partial charge on any atom is -0.326 e. The third-order valence-electron chi connectivity index (χ3n) is 3.04. The molecule has 1 saturated carbocycles. The van der Waals surface area contributed by atoms with Crippen molar-refractivity contribution in [3.8, 4) is 0 Å². The molecule has 0 unspecified atom stereocenters. The average Bonchev–Trinajstić information content (AvgIpc) is 3.14. The molecule has 0 bridgehead atoms. The van der Waals surface area contributed by atoms with Gasteiger partial charge in [-0.15, -0.1) is 0 Å². The van der Waals surface area contributed by atoms with Crippen molar-refractivity contribution < 1.29 is 9.59 Å². The highest BCUT2D eigenvalue weighted by molar-refractivity contribution is 5.96. The molecule has 102 valence electrons. The van der Waals surface area contributed by atoms with Crippen molar-refractivity contribution in [2.75, 3.05) is 10.6 Å². The van der Waals surface area contributed by atoms with E-state index in [0.29, 0.717) is 0 Å². The van der Waals surface area contributed by atoms with Gasteiger partial charge in [-0.05, 0) is 37.1 Å². The summed E-state index contributed by atoms with van der Waals surface area (Å²) in [4.78, 5) is 23.4. The molecule has 1 aliphatic rings. The van der Waals surface area contributed by atoms with E-state index < -0.39 is 5.41 Å². The van der Waals surface area contributed by atoms with Crippen molar-refractivity contribution in [2.24, 2.45) is 11.3 Å². The Hall–Kier alpha value is -1.84. The summed E-state index contributed by atoms with van der Waals surface area (Å²) in [6.45, 7) is 5.60. The maximum atomic E-state index is 11.8. The molecule has 0 atom stereocenters. The molecule has 2 amide bonds. The van der Waals surface area contributed by atoms with E-state index >= 15 is 0 Å². The summed E-state index contributed by atoms with van der Waals surface area (Å²) in [5, 5.41) is 5.71. The van der Waals surface area contributed by atoms with Gasteiger partial charge in [0.2, 0.25) is 11.8 Å². The van der Waals surface area contributed by atoms with E-state index in [2.05, 4.69) is 10.6 Å². The predicted molar refractivity (Wildman–Crippen MR) is 75.9 cm³/mol. The van der Waals surface area contributed by atoms with Gasteiger partial charge >= 0.3 is 0 Å². The normalized spacial score (nSPS) is 14.9. The van der Waals surface area contributed by atoms with E-state index in [1.54, 1.807) is 24.3 Å². The van der Waals surface area contributed by atoms with Gasteiger partial charge in [-0.2, -0.15) is 0 Å². The van der Waals surface area contributed by atoms with Gasteiger partial charge in [-0.25, -0.2) is 0 Å².